The van der Waals surface area contributed by atoms with E-state index in [9.17, 15) is 5.21 Å². The third kappa shape index (κ3) is 4.73. The average molecular weight is 467 g/mol. The predicted octanol–water partition coefficient (Wildman–Crippen LogP) is 4.33. The number of piperidine rings is 1. The van der Waals surface area contributed by atoms with Crippen LogP contribution in [0, 0.1) is 0 Å². The summed E-state index contributed by atoms with van der Waals surface area (Å²) in [4.78, 5) is 9.62. The number of fused-ring (bicyclic) bond motifs is 1. The molecule has 2 aliphatic heterocycles. The van der Waals surface area contributed by atoms with Gasteiger partial charge in [0.2, 0.25) is 11.9 Å². The molecule has 3 N–H and O–H groups in total. The molecule has 0 amide bonds. The standard InChI is InChI=1S/C25H36N7O2/c1-18(2)21-17-27-31-23(21)29-24(28-20-10-14-34-15-11-20)30-25(31)26-16-19-8-4-5-9-22(19)32(33)12-6-3-7-13-32/h4-5,8-9,17-18,20,33H,3,6-7,10-16H2,1-2H3,(H2,26,28,29,30)/q+1. The largest absolute Gasteiger partial charge is 0.381 e. The molecule has 182 valence electrons. The second kappa shape index (κ2) is 9.85. The first-order valence-corrected chi connectivity index (χ1v) is 12.6. The van der Waals surface area contributed by atoms with Gasteiger partial charge in [0.15, 0.2) is 11.3 Å². The number of nitrogens with one attached hydrogen (secondary N) is 2. The Hall–Kier alpha value is -2.75. The number of benzene rings is 1. The smallest absolute Gasteiger partial charge is 0.229 e. The molecule has 0 radical (unpaired) electrons. The van der Waals surface area contributed by atoms with E-state index < -0.39 is 0 Å². The highest BCUT2D eigenvalue weighted by Crippen LogP contribution is 2.30. The van der Waals surface area contributed by atoms with Crippen LogP contribution < -0.4 is 15.3 Å². The van der Waals surface area contributed by atoms with Crippen molar-refractivity contribution in [3.63, 3.8) is 0 Å². The topological polar surface area (TPSA) is 96.6 Å². The minimum Gasteiger partial charge on any atom is -0.381 e. The molecule has 0 spiro atoms. The van der Waals surface area contributed by atoms with Crippen LogP contribution in [0.25, 0.3) is 5.65 Å². The number of para-hydroxylation sites is 1. The normalized spacial score (nSPS) is 18.9. The molecule has 4 heterocycles. The minimum absolute atomic E-state index is 0.00681. The molecular weight excluding hydrogens is 430 g/mol. The quantitative estimate of drug-likeness (QED) is 0.446. The fourth-order valence-corrected chi connectivity index (χ4v) is 5.02. The number of anilines is 2. The minimum atomic E-state index is 0.00681. The summed E-state index contributed by atoms with van der Waals surface area (Å²) in [7, 11) is 0. The zero-order valence-corrected chi connectivity index (χ0v) is 20.2. The summed E-state index contributed by atoms with van der Waals surface area (Å²) >= 11 is 0. The predicted molar refractivity (Wildman–Crippen MR) is 133 cm³/mol. The van der Waals surface area contributed by atoms with Crippen molar-refractivity contribution in [2.24, 2.45) is 0 Å². The molecule has 0 bridgehead atoms. The number of aromatic nitrogens is 4. The molecule has 2 aromatic heterocycles. The van der Waals surface area contributed by atoms with E-state index in [1.807, 2.05) is 24.4 Å². The van der Waals surface area contributed by atoms with E-state index in [0.717, 1.165) is 74.4 Å². The van der Waals surface area contributed by atoms with Gasteiger partial charge in [0.05, 0.1) is 6.20 Å². The van der Waals surface area contributed by atoms with Gasteiger partial charge in [0.25, 0.3) is 0 Å². The number of quaternary nitrogens is 1. The maximum atomic E-state index is 11.3. The molecule has 9 nitrogen and oxygen atoms in total. The van der Waals surface area contributed by atoms with Crippen molar-refractivity contribution in [1.82, 2.24) is 24.2 Å². The lowest BCUT2D eigenvalue weighted by molar-refractivity contribution is -0.0928. The molecule has 2 aliphatic rings. The Labute approximate surface area is 200 Å². The summed E-state index contributed by atoms with van der Waals surface area (Å²) in [5.74, 6) is 1.55. The van der Waals surface area contributed by atoms with Crippen molar-refractivity contribution < 1.29 is 9.94 Å². The highest BCUT2D eigenvalue weighted by Gasteiger charge is 2.33. The van der Waals surface area contributed by atoms with Gasteiger partial charge in [-0.25, -0.2) is 5.21 Å². The summed E-state index contributed by atoms with van der Waals surface area (Å²) in [6.45, 7) is 7.86. The first kappa shape index (κ1) is 23.0. The lowest BCUT2D eigenvalue weighted by atomic mass is 10.1. The molecule has 0 saturated carbocycles. The Morgan fingerprint density at radius 2 is 1.88 bits per heavy atom. The van der Waals surface area contributed by atoms with Gasteiger partial charge in [-0.15, -0.1) is 0 Å². The molecule has 2 fully saturated rings. The van der Waals surface area contributed by atoms with Crippen molar-refractivity contribution in [1.29, 1.82) is 0 Å². The van der Waals surface area contributed by atoms with Crippen LogP contribution in [0.4, 0.5) is 17.6 Å². The molecule has 2 saturated heterocycles. The van der Waals surface area contributed by atoms with E-state index in [4.69, 9.17) is 14.7 Å². The van der Waals surface area contributed by atoms with Crippen molar-refractivity contribution >= 4 is 23.2 Å². The number of hydrogen-bond acceptors (Lipinski definition) is 7. The van der Waals surface area contributed by atoms with E-state index in [1.54, 1.807) is 4.52 Å². The maximum Gasteiger partial charge on any atom is 0.229 e. The van der Waals surface area contributed by atoms with E-state index >= 15 is 0 Å². The molecule has 5 rings (SSSR count). The number of rotatable bonds is 7. The summed E-state index contributed by atoms with van der Waals surface area (Å²) in [5.41, 5.74) is 3.93. The van der Waals surface area contributed by atoms with Crippen molar-refractivity contribution in [2.45, 2.75) is 64.5 Å². The van der Waals surface area contributed by atoms with Crippen LogP contribution in [-0.4, -0.2) is 57.1 Å². The first-order valence-electron chi connectivity index (χ1n) is 12.6. The van der Waals surface area contributed by atoms with E-state index in [2.05, 4.69) is 35.6 Å². The monoisotopic (exact) mass is 466 g/mol. The Bertz CT molecular complexity index is 1120. The molecule has 3 aromatic rings. The van der Waals surface area contributed by atoms with Gasteiger partial charge in [-0.1, -0.05) is 32.0 Å². The first-order chi connectivity index (χ1) is 16.5. The lowest BCUT2D eigenvalue weighted by Gasteiger charge is -2.34. The zero-order valence-electron chi connectivity index (χ0n) is 20.2. The molecule has 34 heavy (non-hydrogen) atoms. The van der Waals surface area contributed by atoms with Crippen molar-refractivity contribution in [3.05, 3.63) is 41.6 Å². The Morgan fingerprint density at radius 1 is 1.12 bits per heavy atom. The van der Waals surface area contributed by atoms with Crippen LogP contribution in [0.3, 0.4) is 0 Å². The van der Waals surface area contributed by atoms with Gasteiger partial charge in [0, 0.05) is 55.8 Å². The van der Waals surface area contributed by atoms with Gasteiger partial charge >= 0.3 is 0 Å². The molecule has 0 unspecified atom stereocenters. The van der Waals surface area contributed by atoms with Gasteiger partial charge in [0.1, 0.15) is 13.1 Å². The SMILES string of the molecule is CC(C)c1cnn2c(NCc3ccccc3[N+]3(O)CCCCC3)nc(NC3CCOCC3)nc12. The lowest BCUT2D eigenvalue weighted by Crippen LogP contribution is -2.50. The summed E-state index contributed by atoms with van der Waals surface area (Å²) in [6, 6.07) is 8.45. The third-order valence-corrected chi connectivity index (χ3v) is 7.00. The number of hydrogen-bond donors (Lipinski definition) is 3. The van der Waals surface area contributed by atoms with Crippen LogP contribution >= 0.6 is 0 Å². The van der Waals surface area contributed by atoms with Crippen molar-refractivity contribution in [3.8, 4) is 0 Å². The fraction of sp³-hybridized carbons (Fsp3) is 0.560. The van der Waals surface area contributed by atoms with Crippen molar-refractivity contribution in [2.75, 3.05) is 36.9 Å². The Morgan fingerprint density at radius 3 is 2.65 bits per heavy atom. The van der Waals surface area contributed by atoms with Crippen LogP contribution in [0.2, 0.25) is 0 Å². The molecular formula is C25H36N7O2+. The van der Waals surface area contributed by atoms with Crippen LogP contribution in [0.1, 0.15) is 63.0 Å². The van der Waals surface area contributed by atoms with E-state index in [1.165, 1.54) is 6.42 Å². The highest BCUT2D eigenvalue weighted by atomic mass is 16.5. The van der Waals surface area contributed by atoms with Crippen LogP contribution in [0.5, 0.6) is 0 Å². The molecule has 1 aromatic carbocycles. The van der Waals surface area contributed by atoms with Gasteiger partial charge < -0.3 is 15.4 Å². The van der Waals surface area contributed by atoms with Gasteiger partial charge in [-0.3, -0.25) is 0 Å². The Kier molecular flexibility index (Phi) is 6.67. The maximum absolute atomic E-state index is 11.3. The fourth-order valence-electron chi connectivity index (χ4n) is 5.02. The van der Waals surface area contributed by atoms with Gasteiger partial charge in [-0.2, -0.15) is 24.2 Å². The average Bonchev–Trinajstić information content (AvgIpc) is 3.28. The van der Waals surface area contributed by atoms with E-state index in [0.29, 0.717) is 30.4 Å². The number of nitrogens with zero attached hydrogens (tertiary/aromatic N) is 5. The molecule has 0 aliphatic carbocycles. The van der Waals surface area contributed by atoms with E-state index in [-0.39, 0.29) is 4.65 Å². The second-order valence-electron chi connectivity index (χ2n) is 9.80. The highest BCUT2D eigenvalue weighted by molar-refractivity contribution is 5.57. The van der Waals surface area contributed by atoms with Crippen LogP contribution in [0.15, 0.2) is 30.5 Å². The number of ether oxygens (including phenoxy) is 1. The molecule has 0 atom stereocenters. The van der Waals surface area contributed by atoms with Gasteiger partial charge in [-0.05, 0) is 25.2 Å². The molecule has 9 heteroatoms. The Balaban J connectivity index is 1.44. The summed E-state index contributed by atoms with van der Waals surface area (Å²) in [5, 5.41) is 22.9. The second-order valence-corrected chi connectivity index (χ2v) is 9.80. The third-order valence-electron chi connectivity index (χ3n) is 7.00. The zero-order chi connectivity index (χ0) is 23.5. The summed E-state index contributed by atoms with van der Waals surface area (Å²) in [6.07, 6.45) is 7.03. The number of hydroxylamine groups is 2. The summed E-state index contributed by atoms with van der Waals surface area (Å²) < 4.78 is 7.29. The van der Waals surface area contributed by atoms with Crippen LogP contribution in [-0.2, 0) is 11.3 Å².